The van der Waals surface area contributed by atoms with Gasteiger partial charge in [0, 0.05) is 25.3 Å². The average molecular weight is 405 g/mol. The number of hydrogen-bond acceptors (Lipinski definition) is 5. The smallest absolute Gasteiger partial charge is 0.256 e. The molecule has 2 amide bonds. The van der Waals surface area contributed by atoms with E-state index in [4.69, 9.17) is 4.98 Å². The van der Waals surface area contributed by atoms with Crippen molar-refractivity contribution in [1.29, 1.82) is 0 Å². The van der Waals surface area contributed by atoms with Crippen LogP contribution in [0.1, 0.15) is 23.0 Å². The van der Waals surface area contributed by atoms with Crippen molar-refractivity contribution in [3.8, 4) is 10.6 Å². The van der Waals surface area contributed by atoms with Crippen LogP contribution in [0.2, 0.25) is 0 Å². The van der Waals surface area contributed by atoms with Crippen molar-refractivity contribution >= 4 is 45.6 Å². The normalized spacial score (nSPS) is 10.9. The van der Waals surface area contributed by atoms with Gasteiger partial charge in [0.25, 0.3) is 5.91 Å². The van der Waals surface area contributed by atoms with Crippen LogP contribution in [0.5, 0.6) is 0 Å². The Morgan fingerprint density at radius 2 is 1.83 bits per heavy atom. The van der Waals surface area contributed by atoms with Gasteiger partial charge in [0.15, 0.2) is 5.65 Å². The Balaban J connectivity index is 1.76. The van der Waals surface area contributed by atoms with Crippen molar-refractivity contribution in [2.75, 3.05) is 10.6 Å². The van der Waals surface area contributed by atoms with E-state index in [0.29, 0.717) is 22.6 Å². The van der Waals surface area contributed by atoms with Gasteiger partial charge in [0.1, 0.15) is 0 Å². The lowest BCUT2D eigenvalue weighted by molar-refractivity contribution is -0.114. The predicted octanol–water partition coefficient (Wildman–Crippen LogP) is 4.22. The van der Waals surface area contributed by atoms with Crippen LogP contribution < -0.4 is 10.6 Å². The molecule has 8 heteroatoms. The number of aryl methyl sites for hydroxylation is 2. The van der Waals surface area contributed by atoms with Gasteiger partial charge in [0.2, 0.25) is 5.91 Å². The number of hydrogen-bond donors (Lipinski definition) is 2. The van der Waals surface area contributed by atoms with Gasteiger partial charge < -0.3 is 10.6 Å². The van der Waals surface area contributed by atoms with Gasteiger partial charge in [-0.25, -0.2) is 4.98 Å². The van der Waals surface area contributed by atoms with Gasteiger partial charge in [0.05, 0.1) is 27.2 Å². The fourth-order valence-corrected chi connectivity index (χ4v) is 3.94. The molecule has 0 bridgehead atoms. The number of amides is 2. The third-order valence-corrected chi connectivity index (χ3v) is 5.32. The van der Waals surface area contributed by atoms with Crippen molar-refractivity contribution in [2.24, 2.45) is 7.05 Å². The number of nitrogens with one attached hydrogen (secondary N) is 2. The number of fused-ring (bicyclic) bond motifs is 1. The van der Waals surface area contributed by atoms with E-state index in [1.54, 1.807) is 46.4 Å². The zero-order chi connectivity index (χ0) is 20.5. The van der Waals surface area contributed by atoms with Crippen LogP contribution in [0, 0.1) is 6.92 Å². The molecular weight excluding hydrogens is 386 g/mol. The number of pyridine rings is 1. The Kier molecular flexibility index (Phi) is 4.85. The third kappa shape index (κ3) is 3.74. The molecule has 0 atom stereocenters. The fourth-order valence-electron chi connectivity index (χ4n) is 3.25. The summed E-state index contributed by atoms with van der Waals surface area (Å²) < 4.78 is 1.69. The maximum Gasteiger partial charge on any atom is 0.256 e. The number of carbonyl (C=O) groups excluding carboxylic acids is 2. The molecule has 0 aliphatic carbocycles. The first kappa shape index (κ1) is 18.8. The second kappa shape index (κ2) is 7.48. The molecule has 4 rings (SSSR count). The standard InChI is InChI=1S/C21H19N5O2S/c1-12-19-16(21(28)23-15-7-4-6-14(10-15)22-13(2)27)11-17(18-8-5-9-29-18)24-20(19)26(3)25-12/h4-11H,1-3H3,(H,22,27)(H,23,28). The van der Waals surface area contributed by atoms with Crippen LogP contribution in [0.15, 0.2) is 47.8 Å². The Morgan fingerprint density at radius 3 is 2.52 bits per heavy atom. The highest BCUT2D eigenvalue weighted by Crippen LogP contribution is 2.30. The summed E-state index contributed by atoms with van der Waals surface area (Å²) in [4.78, 5) is 30.2. The van der Waals surface area contributed by atoms with Crippen LogP contribution in [0.25, 0.3) is 21.6 Å². The molecule has 1 aromatic carbocycles. The van der Waals surface area contributed by atoms with Gasteiger partial charge in [-0.1, -0.05) is 12.1 Å². The summed E-state index contributed by atoms with van der Waals surface area (Å²) >= 11 is 1.57. The molecule has 7 nitrogen and oxygen atoms in total. The largest absolute Gasteiger partial charge is 0.326 e. The minimum atomic E-state index is -0.258. The Bertz CT molecular complexity index is 1230. The molecule has 146 valence electrons. The van der Waals surface area contributed by atoms with Crippen molar-refractivity contribution in [3.05, 3.63) is 59.1 Å². The highest BCUT2D eigenvalue weighted by molar-refractivity contribution is 7.13. The molecule has 0 fully saturated rings. The molecule has 0 aliphatic rings. The quantitative estimate of drug-likeness (QED) is 0.532. The summed E-state index contributed by atoms with van der Waals surface area (Å²) in [7, 11) is 1.82. The van der Waals surface area contributed by atoms with E-state index in [9.17, 15) is 9.59 Å². The summed E-state index contributed by atoms with van der Waals surface area (Å²) in [6, 6.07) is 12.8. The topological polar surface area (TPSA) is 88.9 Å². The molecule has 0 unspecified atom stereocenters. The third-order valence-electron chi connectivity index (χ3n) is 4.43. The van der Waals surface area contributed by atoms with Crippen molar-refractivity contribution < 1.29 is 9.59 Å². The van der Waals surface area contributed by atoms with E-state index >= 15 is 0 Å². The molecule has 0 radical (unpaired) electrons. The minimum Gasteiger partial charge on any atom is -0.326 e. The first-order valence-electron chi connectivity index (χ1n) is 8.99. The summed E-state index contributed by atoms with van der Waals surface area (Å²) in [5, 5.41) is 12.8. The number of anilines is 2. The lowest BCUT2D eigenvalue weighted by Gasteiger charge is -2.10. The zero-order valence-corrected chi connectivity index (χ0v) is 17.0. The highest BCUT2D eigenvalue weighted by atomic mass is 32.1. The van der Waals surface area contributed by atoms with Gasteiger partial charge >= 0.3 is 0 Å². The Hall–Kier alpha value is -3.52. The molecule has 0 aliphatic heterocycles. The van der Waals surface area contributed by atoms with Crippen molar-refractivity contribution in [2.45, 2.75) is 13.8 Å². The highest BCUT2D eigenvalue weighted by Gasteiger charge is 2.19. The maximum atomic E-state index is 13.2. The van der Waals surface area contributed by atoms with Crippen LogP contribution in [0.3, 0.4) is 0 Å². The monoisotopic (exact) mass is 405 g/mol. The van der Waals surface area contributed by atoms with E-state index in [0.717, 1.165) is 21.7 Å². The van der Waals surface area contributed by atoms with E-state index < -0.39 is 0 Å². The van der Waals surface area contributed by atoms with Crippen LogP contribution in [-0.4, -0.2) is 26.6 Å². The minimum absolute atomic E-state index is 0.170. The van der Waals surface area contributed by atoms with E-state index in [2.05, 4.69) is 15.7 Å². The van der Waals surface area contributed by atoms with Gasteiger partial charge in [-0.2, -0.15) is 5.10 Å². The molecule has 4 aromatic rings. The number of thiophene rings is 1. The van der Waals surface area contributed by atoms with Gasteiger partial charge in [-0.15, -0.1) is 11.3 Å². The molecule has 3 heterocycles. The SMILES string of the molecule is CC(=O)Nc1cccc(NC(=O)c2cc(-c3cccs3)nc3c2c(C)nn3C)c1. The average Bonchev–Trinajstić information content (AvgIpc) is 3.30. The van der Waals surface area contributed by atoms with E-state index in [-0.39, 0.29) is 11.8 Å². The number of carbonyl (C=O) groups is 2. The van der Waals surface area contributed by atoms with Crippen molar-refractivity contribution in [3.63, 3.8) is 0 Å². The number of benzene rings is 1. The van der Waals surface area contributed by atoms with Crippen molar-refractivity contribution in [1.82, 2.24) is 14.8 Å². The molecule has 0 saturated heterocycles. The molecule has 0 saturated carbocycles. The van der Waals surface area contributed by atoms with E-state index in [1.807, 2.05) is 31.5 Å². The first-order chi connectivity index (χ1) is 13.9. The molecule has 3 aromatic heterocycles. The second-order valence-electron chi connectivity index (χ2n) is 6.66. The zero-order valence-electron chi connectivity index (χ0n) is 16.2. The summed E-state index contributed by atoms with van der Waals surface area (Å²) in [5.41, 5.74) is 3.84. The molecule has 0 spiro atoms. The number of rotatable bonds is 4. The number of nitrogens with zero attached hydrogens (tertiary/aromatic N) is 3. The van der Waals surface area contributed by atoms with Gasteiger partial charge in [-0.05, 0) is 42.6 Å². The summed E-state index contributed by atoms with van der Waals surface area (Å²) in [6.07, 6.45) is 0. The molecule has 2 N–H and O–H groups in total. The molecule has 29 heavy (non-hydrogen) atoms. The van der Waals surface area contributed by atoms with Gasteiger partial charge in [-0.3, -0.25) is 14.3 Å². The van der Waals surface area contributed by atoms with Crippen LogP contribution >= 0.6 is 11.3 Å². The second-order valence-corrected chi connectivity index (χ2v) is 7.60. The lowest BCUT2D eigenvalue weighted by atomic mass is 10.1. The Labute approximate surface area is 171 Å². The number of aromatic nitrogens is 3. The van der Waals surface area contributed by atoms with Crippen LogP contribution in [0.4, 0.5) is 11.4 Å². The first-order valence-corrected chi connectivity index (χ1v) is 9.87. The molecular formula is C21H19N5O2S. The van der Waals surface area contributed by atoms with E-state index in [1.165, 1.54) is 6.92 Å². The Morgan fingerprint density at radius 1 is 1.07 bits per heavy atom. The lowest BCUT2D eigenvalue weighted by Crippen LogP contribution is -2.14. The van der Waals surface area contributed by atoms with Crippen LogP contribution in [-0.2, 0) is 11.8 Å². The predicted molar refractivity (Wildman–Crippen MR) is 115 cm³/mol. The summed E-state index contributed by atoms with van der Waals surface area (Å²) in [6.45, 7) is 3.30. The fraction of sp³-hybridized carbons (Fsp3) is 0.143. The maximum absolute atomic E-state index is 13.2. The summed E-state index contributed by atoms with van der Waals surface area (Å²) in [5.74, 6) is -0.429.